The maximum atomic E-state index is 2.53. The molecule has 0 bridgehead atoms. The van der Waals surface area contributed by atoms with Crippen LogP contribution in [0.4, 0.5) is 0 Å². The Balaban J connectivity index is 2.17. The van der Waals surface area contributed by atoms with Crippen LogP contribution in [0.25, 0.3) is 0 Å². The molecule has 0 amide bonds. The first-order valence-corrected chi connectivity index (χ1v) is 4.66. The van der Waals surface area contributed by atoms with Gasteiger partial charge in [-0.2, -0.15) is 0 Å². The molecular formula is C10H19N. The lowest BCUT2D eigenvalue weighted by Crippen LogP contribution is -2.32. The number of nitrogens with zero attached hydrogens (tertiary/aromatic N) is 1. The summed E-state index contributed by atoms with van der Waals surface area (Å²) in [5, 5.41) is 0. The Morgan fingerprint density at radius 1 is 1.36 bits per heavy atom. The van der Waals surface area contributed by atoms with Crippen molar-refractivity contribution in [2.75, 3.05) is 19.6 Å². The largest absolute Gasteiger partial charge is 0.300 e. The van der Waals surface area contributed by atoms with E-state index in [0.717, 1.165) is 12.5 Å². The maximum Gasteiger partial charge on any atom is 0.0163 e. The van der Waals surface area contributed by atoms with Crippen LogP contribution >= 0.6 is 0 Å². The van der Waals surface area contributed by atoms with Crippen LogP contribution in [-0.2, 0) is 0 Å². The van der Waals surface area contributed by atoms with E-state index in [2.05, 4.69) is 30.9 Å². The summed E-state index contributed by atoms with van der Waals surface area (Å²) in [6, 6.07) is 0. The number of likely N-dealkylation sites (tertiary alicyclic amines) is 1. The number of piperidine rings is 1. The van der Waals surface area contributed by atoms with Crippen LogP contribution in [0.3, 0.4) is 0 Å². The molecule has 0 N–H and O–H groups in total. The van der Waals surface area contributed by atoms with E-state index in [0.29, 0.717) is 0 Å². The lowest BCUT2D eigenvalue weighted by molar-refractivity contribution is 0.210. The molecule has 1 saturated heterocycles. The van der Waals surface area contributed by atoms with Gasteiger partial charge in [0.05, 0.1) is 0 Å². The summed E-state index contributed by atoms with van der Waals surface area (Å²) in [5.41, 5.74) is 0. The number of hydrogen-bond donors (Lipinski definition) is 0. The van der Waals surface area contributed by atoms with Crippen molar-refractivity contribution in [2.24, 2.45) is 5.92 Å². The fraction of sp³-hybridized carbons (Fsp3) is 0.800. The second-order valence-electron chi connectivity index (χ2n) is 3.55. The Morgan fingerprint density at radius 2 is 2.00 bits per heavy atom. The van der Waals surface area contributed by atoms with Gasteiger partial charge in [0.1, 0.15) is 0 Å². The molecule has 64 valence electrons. The predicted molar refractivity (Wildman–Crippen MR) is 49.7 cm³/mol. The molecule has 1 aliphatic heterocycles. The summed E-state index contributed by atoms with van der Waals surface area (Å²) in [7, 11) is 0. The highest BCUT2D eigenvalue weighted by atomic mass is 15.1. The monoisotopic (exact) mass is 153 g/mol. The summed E-state index contributed by atoms with van der Waals surface area (Å²) in [6.45, 7) is 8.19. The first kappa shape index (κ1) is 8.79. The molecule has 1 heterocycles. The molecule has 1 fully saturated rings. The fourth-order valence-corrected chi connectivity index (χ4v) is 1.50. The van der Waals surface area contributed by atoms with E-state index in [1.807, 2.05) is 0 Å². The maximum absolute atomic E-state index is 2.53. The van der Waals surface area contributed by atoms with Gasteiger partial charge in [0.2, 0.25) is 0 Å². The minimum atomic E-state index is 0.955. The molecule has 0 aliphatic carbocycles. The van der Waals surface area contributed by atoms with Gasteiger partial charge in [0.15, 0.2) is 0 Å². The molecule has 1 rings (SSSR count). The first-order valence-electron chi connectivity index (χ1n) is 4.66. The molecule has 0 unspecified atom stereocenters. The predicted octanol–water partition coefficient (Wildman–Crippen LogP) is 2.29. The molecule has 1 nitrogen and oxygen atoms in total. The van der Waals surface area contributed by atoms with Crippen molar-refractivity contribution >= 4 is 0 Å². The standard InChI is InChI=1S/C10H19N/c1-3-4-7-11-8-5-10(2)6-9-11/h3-4,10H,5-9H2,1-2H3. The Morgan fingerprint density at radius 3 is 2.55 bits per heavy atom. The van der Waals surface area contributed by atoms with Crippen LogP contribution in [0.2, 0.25) is 0 Å². The van der Waals surface area contributed by atoms with E-state index in [1.54, 1.807) is 0 Å². The highest BCUT2D eigenvalue weighted by molar-refractivity contribution is 4.82. The normalized spacial score (nSPS) is 23.1. The van der Waals surface area contributed by atoms with Gasteiger partial charge in [-0.3, -0.25) is 4.90 Å². The lowest BCUT2D eigenvalue weighted by atomic mass is 9.99. The molecule has 0 saturated carbocycles. The Labute approximate surface area is 70.1 Å². The van der Waals surface area contributed by atoms with Gasteiger partial charge in [0.25, 0.3) is 0 Å². The zero-order chi connectivity index (χ0) is 8.10. The van der Waals surface area contributed by atoms with E-state index in [9.17, 15) is 0 Å². The first-order chi connectivity index (χ1) is 5.33. The second-order valence-corrected chi connectivity index (χ2v) is 3.55. The summed E-state index contributed by atoms with van der Waals surface area (Å²) < 4.78 is 0. The Hall–Kier alpha value is -0.300. The van der Waals surface area contributed by atoms with Crippen molar-refractivity contribution < 1.29 is 0 Å². The molecule has 0 aromatic rings. The minimum absolute atomic E-state index is 0.955. The van der Waals surface area contributed by atoms with E-state index < -0.39 is 0 Å². The average Bonchev–Trinajstić information content (AvgIpc) is 2.04. The SMILES string of the molecule is CC=CCN1CCC(C)CC1. The smallest absolute Gasteiger partial charge is 0.0163 e. The van der Waals surface area contributed by atoms with Gasteiger partial charge in [-0.15, -0.1) is 0 Å². The minimum Gasteiger partial charge on any atom is -0.300 e. The summed E-state index contributed by atoms with van der Waals surface area (Å²) in [6.07, 6.45) is 7.16. The molecule has 0 radical (unpaired) electrons. The number of rotatable bonds is 2. The van der Waals surface area contributed by atoms with Crippen molar-refractivity contribution in [1.29, 1.82) is 0 Å². The summed E-state index contributed by atoms with van der Waals surface area (Å²) >= 11 is 0. The third-order valence-corrected chi connectivity index (χ3v) is 2.48. The highest BCUT2D eigenvalue weighted by Crippen LogP contribution is 2.15. The molecule has 0 atom stereocenters. The van der Waals surface area contributed by atoms with Crippen molar-refractivity contribution in [3.05, 3.63) is 12.2 Å². The lowest BCUT2D eigenvalue weighted by Gasteiger charge is -2.28. The van der Waals surface area contributed by atoms with Gasteiger partial charge in [0, 0.05) is 6.54 Å². The van der Waals surface area contributed by atoms with Gasteiger partial charge in [-0.1, -0.05) is 19.1 Å². The zero-order valence-corrected chi connectivity index (χ0v) is 7.71. The summed E-state index contributed by atoms with van der Waals surface area (Å²) in [4.78, 5) is 2.53. The van der Waals surface area contributed by atoms with Crippen LogP contribution < -0.4 is 0 Å². The van der Waals surface area contributed by atoms with E-state index in [4.69, 9.17) is 0 Å². The fourth-order valence-electron chi connectivity index (χ4n) is 1.50. The number of allylic oxidation sites excluding steroid dienone is 1. The average molecular weight is 153 g/mol. The van der Waals surface area contributed by atoms with Gasteiger partial charge in [-0.05, 0) is 38.8 Å². The Bertz CT molecular complexity index is 121. The molecular weight excluding hydrogens is 134 g/mol. The van der Waals surface area contributed by atoms with E-state index in [-0.39, 0.29) is 0 Å². The zero-order valence-electron chi connectivity index (χ0n) is 7.71. The molecule has 0 spiro atoms. The third-order valence-electron chi connectivity index (χ3n) is 2.48. The molecule has 0 aromatic heterocycles. The van der Waals surface area contributed by atoms with E-state index in [1.165, 1.54) is 25.9 Å². The van der Waals surface area contributed by atoms with Crippen LogP contribution in [0.1, 0.15) is 26.7 Å². The Kier molecular flexibility index (Phi) is 3.64. The molecule has 0 aromatic carbocycles. The van der Waals surface area contributed by atoms with Crippen molar-refractivity contribution in [2.45, 2.75) is 26.7 Å². The molecule has 1 heteroatoms. The van der Waals surface area contributed by atoms with Crippen molar-refractivity contribution in [3.8, 4) is 0 Å². The molecule has 1 aliphatic rings. The summed E-state index contributed by atoms with van der Waals surface area (Å²) in [5.74, 6) is 0.955. The van der Waals surface area contributed by atoms with Crippen molar-refractivity contribution in [3.63, 3.8) is 0 Å². The number of hydrogen-bond acceptors (Lipinski definition) is 1. The van der Waals surface area contributed by atoms with Crippen molar-refractivity contribution in [1.82, 2.24) is 4.90 Å². The molecule has 11 heavy (non-hydrogen) atoms. The second kappa shape index (κ2) is 4.55. The van der Waals surface area contributed by atoms with Gasteiger partial charge in [-0.25, -0.2) is 0 Å². The van der Waals surface area contributed by atoms with E-state index >= 15 is 0 Å². The van der Waals surface area contributed by atoms with Crippen LogP contribution in [0.5, 0.6) is 0 Å². The highest BCUT2D eigenvalue weighted by Gasteiger charge is 2.13. The topological polar surface area (TPSA) is 3.24 Å². The van der Waals surface area contributed by atoms with Crippen LogP contribution in [-0.4, -0.2) is 24.5 Å². The third kappa shape index (κ3) is 3.06. The van der Waals surface area contributed by atoms with Gasteiger partial charge >= 0.3 is 0 Å². The van der Waals surface area contributed by atoms with Gasteiger partial charge < -0.3 is 0 Å². The van der Waals surface area contributed by atoms with Crippen LogP contribution in [0, 0.1) is 5.92 Å². The van der Waals surface area contributed by atoms with Crippen LogP contribution in [0.15, 0.2) is 12.2 Å². The quantitative estimate of drug-likeness (QED) is 0.550.